The van der Waals surface area contributed by atoms with Gasteiger partial charge in [0.15, 0.2) is 0 Å². The molecule has 0 saturated heterocycles. The minimum absolute atomic E-state index is 0.801. The number of nitrogens with zero attached hydrogens (tertiary/aromatic N) is 2. The van der Waals surface area contributed by atoms with Crippen LogP contribution in [0.1, 0.15) is 16.7 Å². The van der Waals surface area contributed by atoms with Crippen LogP contribution in [-0.4, -0.2) is 0 Å². The van der Waals surface area contributed by atoms with Gasteiger partial charge in [-0.25, -0.2) is 0 Å². The van der Waals surface area contributed by atoms with Crippen LogP contribution in [0.5, 0.6) is 0 Å². The van der Waals surface area contributed by atoms with Gasteiger partial charge in [0.25, 0.3) is 0 Å². The van der Waals surface area contributed by atoms with E-state index in [1.54, 1.807) is 0 Å². The van der Waals surface area contributed by atoms with Crippen molar-refractivity contribution >= 4 is 120 Å². The molecule has 1 aliphatic heterocycles. The number of thiophene rings is 2. The van der Waals surface area contributed by atoms with E-state index in [0.29, 0.717) is 0 Å². The summed E-state index contributed by atoms with van der Waals surface area (Å²) in [6, 6.07) is 91.9. The molecule has 4 bridgehead atoms. The first-order chi connectivity index (χ1) is 35.2. The standard InChI is InChI=1S/C67H44N2S2/c1-3-15-45(16-4-1)49-21-11-23-54(40-49)69-57-26-13-25-56(43-57)68(55-24-12-22-50(41-55)51-34-36-64-60(42-51)58-27-9-10-30-63(58)70-64)61-29-14-28-59-65-52(33-35-62(69)67(65)71-66(59)61)39-53(46-17-5-2-6-18-46)38-44-31-32-47-19-7-8-20-48(47)37-44/h1-37,39-43H,38H2/b53-39-. The van der Waals surface area contributed by atoms with Crippen molar-refractivity contribution in [3.05, 3.63) is 265 Å². The van der Waals surface area contributed by atoms with Crippen LogP contribution >= 0.6 is 22.7 Å². The molecule has 0 aliphatic carbocycles. The summed E-state index contributed by atoms with van der Waals surface area (Å²) in [6.45, 7) is 0. The Labute approximate surface area is 420 Å². The molecule has 0 amide bonds. The van der Waals surface area contributed by atoms with E-state index >= 15 is 0 Å². The molecule has 0 unspecified atom stereocenters. The predicted octanol–water partition coefficient (Wildman–Crippen LogP) is 19.9. The number of anilines is 6. The molecule has 2 nitrogen and oxygen atoms in total. The average Bonchev–Trinajstić information content (AvgIpc) is 4.02. The molecule has 0 radical (unpaired) electrons. The summed E-state index contributed by atoms with van der Waals surface area (Å²) in [4.78, 5) is 4.96. The van der Waals surface area contributed by atoms with Crippen LogP contribution in [0.4, 0.5) is 34.1 Å². The number of allylic oxidation sites excluding steroid dienone is 1. The Morgan fingerprint density at radius 3 is 1.75 bits per heavy atom. The van der Waals surface area contributed by atoms with Crippen molar-refractivity contribution in [1.82, 2.24) is 0 Å². The van der Waals surface area contributed by atoms with Gasteiger partial charge in [-0.05, 0) is 135 Å². The van der Waals surface area contributed by atoms with E-state index in [-0.39, 0.29) is 0 Å². The third-order valence-corrected chi connectivity index (χ3v) is 16.6. The topological polar surface area (TPSA) is 6.48 Å². The smallest absolute Gasteiger partial charge is 0.0640 e. The largest absolute Gasteiger partial charge is 0.309 e. The minimum atomic E-state index is 0.801. The van der Waals surface area contributed by atoms with Crippen molar-refractivity contribution < 1.29 is 0 Å². The van der Waals surface area contributed by atoms with Gasteiger partial charge in [-0.1, -0.05) is 182 Å². The van der Waals surface area contributed by atoms with Crippen molar-refractivity contribution in [3.63, 3.8) is 0 Å². The second-order valence-electron chi connectivity index (χ2n) is 18.5. The molecule has 14 rings (SSSR count). The van der Waals surface area contributed by atoms with Crippen LogP contribution in [0.2, 0.25) is 0 Å². The zero-order valence-electron chi connectivity index (χ0n) is 38.7. The van der Waals surface area contributed by atoms with Crippen LogP contribution in [0.15, 0.2) is 249 Å². The average molecular weight is 941 g/mol. The minimum Gasteiger partial charge on any atom is -0.309 e. The Morgan fingerprint density at radius 1 is 0.366 bits per heavy atom. The van der Waals surface area contributed by atoms with E-state index in [1.165, 1.54) is 95.6 Å². The van der Waals surface area contributed by atoms with Gasteiger partial charge < -0.3 is 9.80 Å². The Bertz CT molecular complexity index is 4220. The van der Waals surface area contributed by atoms with Crippen LogP contribution in [0, 0.1) is 0 Å². The lowest BCUT2D eigenvalue weighted by molar-refractivity contribution is 1.26. The second-order valence-corrected chi connectivity index (χ2v) is 20.6. The SMILES string of the molecule is C(=C(\Cc1ccc2ccccc2c1)c1ccccc1)/c1ccc2c3sc4c(cccc4c13)N(c1cccc(-c3ccc4sc5ccccc5c4c3)c1)c1cccc(c1)N2c1cccc(-c2ccccc2)c1. The molecule has 0 N–H and O–H groups in total. The van der Waals surface area contributed by atoms with Crippen molar-refractivity contribution in [2.45, 2.75) is 6.42 Å². The lowest BCUT2D eigenvalue weighted by Gasteiger charge is -2.30. The van der Waals surface area contributed by atoms with Crippen LogP contribution in [0.25, 0.3) is 85.0 Å². The van der Waals surface area contributed by atoms with Gasteiger partial charge in [-0.15, -0.1) is 22.7 Å². The summed E-state index contributed by atoms with van der Waals surface area (Å²) in [5, 5.41) is 7.65. The van der Waals surface area contributed by atoms with Crippen molar-refractivity contribution in [3.8, 4) is 22.3 Å². The summed E-state index contributed by atoms with van der Waals surface area (Å²) in [7, 11) is 0. The number of hydrogen-bond acceptors (Lipinski definition) is 4. The molecule has 71 heavy (non-hydrogen) atoms. The fourth-order valence-electron chi connectivity index (χ4n) is 10.8. The molecular formula is C67H44N2S2. The summed E-state index contributed by atoms with van der Waals surface area (Å²) >= 11 is 3.77. The Balaban J connectivity index is 1.00. The van der Waals surface area contributed by atoms with Crippen LogP contribution in [-0.2, 0) is 6.42 Å². The van der Waals surface area contributed by atoms with E-state index in [1.807, 2.05) is 22.7 Å². The normalized spacial score (nSPS) is 12.6. The van der Waals surface area contributed by atoms with Gasteiger partial charge in [-0.3, -0.25) is 0 Å². The quantitative estimate of drug-likeness (QED) is 0.140. The van der Waals surface area contributed by atoms with Gasteiger partial charge in [0.1, 0.15) is 0 Å². The molecule has 0 spiro atoms. The number of hydrogen-bond donors (Lipinski definition) is 0. The van der Waals surface area contributed by atoms with Gasteiger partial charge >= 0.3 is 0 Å². The highest BCUT2D eigenvalue weighted by molar-refractivity contribution is 7.27. The van der Waals surface area contributed by atoms with E-state index in [2.05, 4.69) is 265 Å². The number of rotatable bonds is 8. The molecule has 3 heterocycles. The highest BCUT2D eigenvalue weighted by atomic mass is 32.1. The summed E-state index contributed by atoms with van der Waals surface area (Å²) in [5.41, 5.74) is 16.5. The van der Waals surface area contributed by atoms with E-state index < -0.39 is 0 Å². The van der Waals surface area contributed by atoms with Gasteiger partial charge in [0, 0.05) is 53.7 Å². The first-order valence-electron chi connectivity index (χ1n) is 24.3. The van der Waals surface area contributed by atoms with Crippen LogP contribution < -0.4 is 9.80 Å². The lowest BCUT2D eigenvalue weighted by atomic mass is 9.93. The van der Waals surface area contributed by atoms with Crippen molar-refractivity contribution in [2.24, 2.45) is 0 Å². The summed E-state index contributed by atoms with van der Waals surface area (Å²) in [6.07, 6.45) is 3.26. The van der Waals surface area contributed by atoms with Crippen LogP contribution in [0.3, 0.4) is 0 Å². The Hall–Kier alpha value is -8.54. The summed E-state index contributed by atoms with van der Waals surface area (Å²) in [5.74, 6) is 0. The fraction of sp³-hybridized carbons (Fsp3) is 0.0149. The molecule has 0 atom stereocenters. The second kappa shape index (κ2) is 17.1. The molecule has 0 saturated carbocycles. The third-order valence-electron chi connectivity index (χ3n) is 14.2. The maximum atomic E-state index is 2.48. The monoisotopic (exact) mass is 940 g/mol. The van der Waals surface area contributed by atoms with Gasteiger partial charge in [-0.2, -0.15) is 0 Å². The molecule has 2 aromatic heterocycles. The Morgan fingerprint density at radius 2 is 0.958 bits per heavy atom. The van der Waals surface area contributed by atoms with Gasteiger partial charge in [0.05, 0.1) is 20.8 Å². The number of benzene rings is 11. The molecule has 1 aliphatic rings. The van der Waals surface area contributed by atoms with Crippen molar-refractivity contribution in [1.29, 1.82) is 0 Å². The predicted molar refractivity (Wildman–Crippen MR) is 308 cm³/mol. The van der Waals surface area contributed by atoms with E-state index in [9.17, 15) is 0 Å². The molecule has 11 aromatic carbocycles. The zero-order chi connectivity index (χ0) is 46.8. The molecule has 13 aromatic rings. The highest BCUT2D eigenvalue weighted by Crippen LogP contribution is 2.53. The van der Waals surface area contributed by atoms with Gasteiger partial charge in [0.2, 0.25) is 0 Å². The maximum absolute atomic E-state index is 2.48. The maximum Gasteiger partial charge on any atom is 0.0640 e. The molecule has 4 heteroatoms. The van der Waals surface area contributed by atoms with E-state index in [4.69, 9.17) is 0 Å². The first kappa shape index (κ1) is 41.4. The van der Waals surface area contributed by atoms with Crippen molar-refractivity contribution in [2.75, 3.05) is 9.80 Å². The lowest BCUT2D eigenvalue weighted by Crippen LogP contribution is -2.13. The third kappa shape index (κ3) is 7.31. The summed E-state index contributed by atoms with van der Waals surface area (Å²) < 4.78 is 5.14. The highest BCUT2D eigenvalue weighted by Gasteiger charge is 2.26. The fourth-order valence-corrected chi connectivity index (χ4v) is 13.3. The zero-order valence-corrected chi connectivity index (χ0v) is 40.3. The molecule has 334 valence electrons. The van der Waals surface area contributed by atoms with E-state index in [0.717, 1.165) is 40.5 Å². The molecular weight excluding hydrogens is 897 g/mol. The Kier molecular flexibility index (Phi) is 10.0. The number of fused-ring (bicyclic) bond motifs is 7. The molecule has 0 fully saturated rings. The first-order valence-corrected chi connectivity index (χ1v) is 25.9.